The fourth-order valence-corrected chi connectivity index (χ4v) is 3.03. The molecule has 3 aromatic rings. The van der Waals surface area contributed by atoms with Crippen molar-refractivity contribution in [2.45, 2.75) is 6.92 Å². The van der Waals surface area contributed by atoms with Crippen molar-refractivity contribution in [3.63, 3.8) is 0 Å². The number of anilines is 3. The Balaban J connectivity index is 1.45. The maximum Gasteiger partial charge on any atom is 0.244 e. The van der Waals surface area contributed by atoms with E-state index in [2.05, 4.69) is 31.1 Å². The number of nitrogens with one attached hydrogen (secondary N) is 3. The first kappa shape index (κ1) is 24.3. The van der Waals surface area contributed by atoms with E-state index in [0.717, 1.165) is 11.1 Å². The van der Waals surface area contributed by atoms with Gasteiger partial charge in [0.25, 0.3) is 0 Å². The van der Waals surface area contributed by atoms with Crippen molar-refractivity contribution < 1.29 is 19.0 Å². The molecule has 0 saturated heterocycles. The Bertz CT molecular complexity index is 1110. The third-order valence-electron chi connectivity index (χ3n) is 4.68. The molecular formula is C24H28N6O4. The van der Waals surface area contributed by atoms with Crippen LogP contribution in [0.4, 0.5) is 17.5 Å². The largest absolute Gasteiger partial charge is 0.493 e. The van der Waals surface area contributed by atoms with E-state index in [0.29, 0.717) is 47.8 Å². The Morgan fingerprint density at radius 3 is 2.24 bits per heavy atom. The Kier molecular flexibility index (Phi) is 8.61. The quantitative estimate of drug-likeness (QED) is 0.290. The molecule has 0 fully saturated rings. The minimum absolute atomic E-state index is 0.230. The zero-order chi connectivity index (χ0) is 24.3. The second kappa shape index (κ2) is 12.0. The van der Waals surface area contributed by atoms with Crippen LogP contribution in [0, 0.1) is 6.92 Å². The van der Waals surface area contributed by atoms with Gasteiger partial charge in [0.15, 0.2) is 17.3 Å². The van der Waals surface area contributed by atoms with Crippen molar-refractivity contribution in [2.24, 2.45) is 0 Å². The van der Waals surface area contributed by atoms with Gasteiger partial charge in [-0.15, -0.1) is 10.2 Å². The van der Waals surface area contributed by atoms with Crippen LogP contribution in [0.1, 0.15) is 11.1 Å². The monoisotopic (exact) mass is 464 g/mol. The number of pyridine rings is 1. The van der Waals surface area contributed by atoms with Gasteiger partial charge in [-0.1, -0.05) is 0 Å². The molecule has 0 aliphatic rings. The molecule has 2 heterocycles. The summed E-state index contributed by atoms with van der Waals surface area (Å²) in [5.41, 5.74) is 1.84. The van der Waals surface area contributed by atoms with Crippen LogP contribution in [0.2, 0.25) is 0 Å². The summed E-state index contributed by atoms with van der Waals surface area (Å²) in [5.74, 6) is 3.20. The third kappa shape index (κ3) is 6.83. The molecule has 34 heavy (non-hydrogen) atoms. The summed E-state index contributed by atoms with van der Waals surface area (Å²) in [7, 11) is 4.62. The maximum absolute atomic E-state index is 12.1. The normalized spacial score (nSPS) is 10.6. The van der Waals surface area contributed by atoms with E-state index in [4.69, 9.17) is 14.2 Å². The second-order valence-corrected chi connectivity index (χ2v) is 7.16. The Morgan fingerprint density at radius 1 is 0.912 bits per heavy atom. The molecule has 10 heteroatoms. The van der Waals surface area contributed by atoms with E-state index >= 15 is 0 Å². The van der Waals surface area contributed by atoms with E-state index in [1.54, 1.807) is 50.8 Å². The number of hydrogen-bond acceptors (Lipinski definition) is 9. The van der Waals surface area contributed by atoms with Crippen LogP contribution < -0.4 is 30.2 Å². The van der Waals surface area contributed by atoms with Gasteiger partial charge in [-0.2, -0.15) is 0 Å². The molecule has 0 bridgehead atoms. The molecule has 0 unspecified atom stereocenters. The zero-order valence-electron chi connectivity index (χ0n) is 19.6. The number of hydrogen-bond donors (Lipinski definition) is 3. The zero-order valence-corrected chi connectivity index (χ0v) is 19.6. The van der Waals surface area contributed by atoms with Gasteiger partial charge in [-0.05, 0) is 60.5 Å². The average Bonchev–Trinajstić information content (AvgIpc) is 2.85. The Morgan fingerprint density at radius 2 is 1.62 bits per heavy atom. The van der Waals surface area contributed by atoms with Gasteiger partial charge >= 0.3 is 0 Å². The molecule has 2 aromatic heterocycles. The molecule has 3 rings (SSSR count). The molecule has 0 spiro atoms. The van der Waals surface area contributed by atoms with Crippen LogP contribution in [0.3, 0.4) is 0 Å². The number of nitrogens with zero attached hydrogens (tertiary/aromatic N) is 3. The summed E-state index contributed by atoms with van der Waals surface area (Å²) in [6.45, 7) is 2.89. The highest BCUT2D eigenvalue weighted by molar-refractivity contribution is 5.91. The number of amides is 1. The van der Waals surface area contributed by atoms with Gasteiger partial charge in [-0.25, -0.2) is 4.98 Å². The van der Waals surface area contributed by atoms with Crippen molar-refractivity contribution in [2.75, 3.05) is 45.1 Å². The van der Waals surface area contributed by atoms with Crippen molar-refractivity contribution in [1.82, 2.24) is 20.5 Å². The lowest BCUT2D eigenvalue weighted by Gasteiger charge is -2.12. The summed E-state index contributed by atoms with van der Waals surface area (Å²) in [4.78, 5) is 16.4. The summed E-state index contributed by atoms with van der Waals surface area (Å²) in [5, 5.41) is 17.3. The summed E-state index contributed by atoms with van der Waals surface area (Å²) >= 11 is 0. The number of aryl methyl sites for hydroxylation is 1. The lowest BCUT2D eigenvalue weighted by atomic mass is 10.1. The maximum atomic E-state index is 12.1. The van der Waals surface area contributed by atoms with Crippen molar-refractivity contribution in [3.05, 3.63) is 59.8 Å². The van der Waals surface area contributed by atoms with Crippen LogP contribution in [0.25, 0.3) is 6.08 Å². The van der Waals surface area contributed by atoms with E-state index in [-0.39, 0.29) is 5.91 Å². The SMILES string of the molecule is COc1cc(/C=C/C(=O)NCCNc2ccc(Nc3cc(C)ccn3)nn2)cc(OC)c1OC. The molecule has 0 atom stereocenters. The lowest BCUT2D eigenvalue weighted by molar-refractivity contribution is -0.116. The van der Waals surface area contributed by atoms with Gasteiger partial charge in [0.05, 0.1) is 21.3 Å². The minimum Gasteiger partial charge on any atom is -0.493 e. The standard InChI is InChI=1S/C24H28N6O4/c1-16-9-10-25-22(13-16)28-21-7-6-20(29-30-21)26-11-12-27-23(31)8-5-17-14-18(32-2)24(34-4)19(15-17)33-3/h5-10,13-15H,11-12H2,1-4H3,(H,26,29)(H,27,31)(H,25,28,30)/b8-5+. The van der Waals surface area contributed by atoms with Crippen molar-refractivity contribution in [1.29, 1.82) is 0 Å². The molecule has 1 aromatic carbocycles. The Hall–Kier alpha value is -4.34. The number of aromatic nitrogens is 3. The molecule has 178 valence electrons. The highest BCUT2D eigenvalue weighted by atomic mass is 16.5. The van der Waals surface area contributed by atoms with Crippen molar-refractivity contribution >= 4 is 29.4 Å². The fourth-order valence-electron chi connectivity index (χ4n) is 3.03. The Labute approximate surface area is 198 Å². The number of benzene rings is 1. The minimum atomic E-state index is -0.230. The number of carbonyl (C=O) groups excluding carboxylic acids is 1. The van der Waals surface area contributed by atoms with Crippen LogP contribution in [-0.4, -0.2) is 55.5 Å². The number of ether oxygens (including phenoxy) is 3. The molecule has 0 saturated carbocycles. The third-order valence-corrected chi connectivity index (χ3v) is 4.68. The number of methoxy groups -OCH3 is 3. The highest BCUT2D eigenvalue weighted by Crippen LogP contribution is 2.38. The van der Waals surface area contributed by atoms with Gasteiger partial charge in [0.2, 0.25) is 11.7 Å². The van der Waals surface area contributed by atoms with E-state index < -0.39 is 0 Å². The molecular weight excluding hydrogens is 436 g/mol. The van der Waals surface area contributed by atoms with E-state index in [9.17, 15) is 4.79 Å². The fraction of sp³-hybridized carbons (Fsp3) is 0.250. The number of rotatable bonds is 11. The first-order chi connectivity index (χ1) is 16.5. The first-order valence-corrected chi connectivity index (χ1v) is 10.6. The average molecular weight is 465 g/mol. The van der Waals surface area contributed by atoms with Crippen LogP contribution >= 0.6 is 0 Å². The van der Waals surface area contributed by atoms with E-state index in [1.807, 2.05) is 19.1 Å². The smallest absolute Gasteiger partial charge is 0.244 e. The molecule has 10 nitrogen and oxygen atoms in total. The molecule has 0 aliphatic carbocycles. The first-order valence-electron chi connectivity index (χ1n) is 10.6. The summed E-state index contributed by atoms with van der Waals surface area (Å²) < 4.78 is 15.9. The second-order valence-electron chi connectivity index (χ2n) is 7.16. The van der Waals surface area contributed by atoms with Crippen LogP contribution in [-0.2, 0) is 4.79 Å². The molecule has 3 N–H and O–H groups in total. The van der Waals surface area contributed by atoms with Gasteiger partial charge in [0.1, 0.15) is 11.6 Å². The predicted octanol–water partition coefficient (Wildman–Crippen LogP) is 3.19. The highest BCUT2D eigenvalue weighted by Gasteiger charge is 2.12. The molecule has 1 amide bonds. The lowest BCUT2D eigenvalue weighted by Crippen LogP contribution is -2.27. The van der Waals surface area contributed by atoms with Crippen LogP contribution in [0.15, 0.2) is 48.7 Å². The van der Waals surface area contributed by atoms with Crippen molar-refractivity contribution in [3.8, 4) is 17.2 Å². The summed E-state index contributed by atoms with van der Waals surface area (Å²) in [6.07, 6.45) is 4.85. The topological polar surface area (TPSA) is 120 Å². The van der Waals surface area contributed by atoms with Gasteiger partial charge < -0.3 is 30.2 Å². The van der Waals surface area contributed by atoms with Gasteiger partial charge in [0, 0.05) is 25.4 Å². The van der Waals surface area contributed by atoms with Crippen LogP contribution in [0.5, 0.6) is 17.2 Å². The number of carbonyl (C=O) groups is 1. The summed E-state index contributed by atoms with van der Waals surface area (Å²) in [6, 6.07) is 11.0. The van der Waals surface area contributed by atoms with Gasteiger partial charge in [-0.3, -0.25) is 4.79 Å². The predicted molar refractivity (Wildman–Crippen MR) is 131 cm³/mol. The molecule has 0 aliphatic heterocycles. The molecule has 0 radical (unpaired) electrons. The van der Waals surface area contributed by atoms with E-state index in [1.165, 1.54) is 13.2 Å².